The Balaban J connectivity index is 0. The molecule has 0 N–H and O–H groups in total. The van der Waals surface area contributed by atoms with Crippen LogP contribution in [0.4, 0.5) is 11.4 Å². The number of pyridine rings is 1. The number of hydrogen-bond acceptors (Lipinski definition) is 3. The van der Waals surface area contributed by atoms with Crippen molar-refractivity contribution in [3.63, 3.8) is 0 Å². The zero-order chi connectivity index (χ0) is 18.5. The fourth-order valence-electron chi connectivity index (χ4n) is 2.89. The van der Waals surface area contributed by atoms with Gasteiger partial charge in [-0.15, -0.1) is 0 Å². The first-order valence-electron chi connectivity index (χ1n) is 8.72. The number of aromatic nitrogens is 1. The summed E-state index contributed by atoms with van der Waals surface area (Å²) in [5.74, 6) is 0. The molecule has 0 atom stereocenters. The Morgan fingerprint density at radius 1 is 0.567 bits per heavy atom. The summed E-state index contributed by atoms with van der Waals surface area (Å²) in [6.45, 7) is 8.28. The Labute approximate surface area is 209 Å². The van der Waals surface area contributed by atoms with Crippen molar-refractivity contribution in [2.75, 3.05) is 0 Å². The summed E-state index contributed by atoms with van der Waals surface area (Å²) >= 11 is 0. The van der Waals surface area contributed by atoms with E-state index < -0.39 is 0 Å². The second kappa shape index (κ2) is 14.4. The average molecular weight is 499 g/mol. The van der Waals surface area contributed by atoms with Gasteiger partial charge in [-0.05, 0) is 62.1 Å². The fourth-order valence-corrected chi connectivity index (χ4v) is 2.89. The van der Waals surface area contributed by atoms with Gasteiger partial charge in [-0.25, -0.2) is 4.98 Å². The molecular weight excluding hydrogens is 476 g/mol. The van der Waals surface area contributed by atoms with Gasteiger partial charge in [-0.3, -0.25) is 9.98 Å². The molecule has 0 saturated carbocycles. The second-order valence-electron chi connectivity index (χ2n) is 6.48. The molecule has 0 spiro atoms. The van der Waals surface area contributed by atoms with Gasteiger partial charge in [0.15, 0.2) is 0 Å². The number of hydrogen-bond donors (Lipinski definition) is 0. The summed E-state index contributed by atoms with van der Waals surface area (Å²) in [6.07, 6.45) is 3.62. The van der Waals surface area contributed by atoms with Crippen LogP contribution in [0.25, 0.3) is 0 Å². The molecule has 7 heteroatoms. The number of aliphatic imine (C=N–C) groups is 2. The Kier molecular flexibility index (Phi) is 14.7. The Morgan fingerprint density at radius 2 is 0.867 bits per heavy atom. The van der Waals surface area contributed by atoms with Crippen LogP contribution in [-0.4, -0.2) is 17.4 Å². The minimum atomic E-state index is 0. The molecule has 0 aliphatic carbocycles. The summed E-state index contributed by atoms with van der Waals surface area (Å²) < 4.78 is 0. The minimum Gasteiger partial charge on any atom is -1.00 e. The van der Waals surface area contributed by atoms with E-state index in [1.807, 2.05) is 42.8 Å². The molecule has 3 nitrogen and oxygen atoms in total. The zero-order valence-electron chi connectivity index (χ0n) is 17.3. The molecule has 0 fully saturated rings. The van der Waals surface area contributed by atoms with Crippen molar-refractivity contribution in [2.45, 2.75) is 27.7 Å². The van der Waals surface area contributed by atoms with Crippen LogP contribution in [0.1, 0.15) is 33.6 Å². The van der Waals surface area contributed by atoms with E-state index in [-0.39, 0.29) is 55.8 Å². The molecule has 0 aliphatic heterocycles. The van der Waals surface area contributed by atoms with Gasteiger partial charge in [0.05, 0.1) is 35.2 Å². The van der Waals surface area contributed by atoms with E-state index >= 15 is 0 Å². The molecule has 0 radical (unpaired) electrons. The van der Waals surface area contributed by atoms with Crippen molar-refractivity contribution in [2.24, 2.45) is 9.98 Å². The third-order valence-corrected chi connectivity index (χ3v) is 4.32. The van der Waals surface area contributed by atoms with Crippen molar-refractivity contribution in [3.05, 3.63) is 88.2 Å². The zero-order valence-corrected chi connectivity index (χ0v) is 20.9. The summed E-state index contributed by atoms with van der Waals surface area (Å²) in [5, 5.41) is 0. The second-order valence-corrected chi connectivity index (χ2v) is 6.48. The van der Waals surface area contributed by atoms with Crippen molar-refractivity contribution < 1.29 is 55.8 Å². The molecule has 0 saturated heterocycles. The van der Waals surface area contributed by atoms with Gasteiger partial charge in [0.25, 0.3) is 0 Å². The van der Waals surface area contributed by atoms with E-state index in [1.165, 1.54) is 0 Å². The third-order valence-electron chi connectivity index (χ3n) is 4.32. The molecule has 3 aromatic rings. The monoisotopic (exact) mass is 497 g/mol. The van der Waals surface area contributed by atoms with E-state index in [2.05, 4.69) is 66.9 Å². The number of nitrogens with zero attached hydrogens (tertiary/aromatic N) is 3. The van der Waals surface area contributed by atoms with E-state index in [9.17, 15) is 0 Å². The van der Waals surface area contributed by atoms with E-state index in [0.717, 1.165) is 45.0 Å². The van der Waals surface area contributed by atoms with Crippen LogP contribution in [0.3, 0.4) is 0 Å². The maximum Gasteiger partial charge on any atom is 3.00 e. The third kappa shape index (κ3) is 7.90. The predicted octanol–water partition coefficient (Wildman–Crippen LogP) is -3.17. The molecule has 30 heavy (non-hydrogen) atoms. The minimum absolute atomic E-state index is 0. The first kappa shape index (κ1) is 30.6. The first-order chi connectivity index (χ1) is 12.5. The van der Waals surface area contributed by atoms with Crippen LogP contribution in [0.15, 0.2) is 64.6 Å². The fraction of sp³-hybridized carbons (Fsp3) is 0.174. The maximum absolute atomic E-state index is 4.63. The maximum atomic E-state index is 4.63. The van der Waals surface area contributed by atoms with E-state index in [0.29, 0.717) is 0 Å². The van der Waals surface area contributed by atoms with Gasteiger partial charge >= 0.3 is 18.6 Å². The van der Waals surface area contributed by atoms with Crippen molar-refractivity contribution in [1.29, 1.82) is 0 Å². The van der Waals surface area contributed by atoms with Gasteiger partial charge in [0.1, 0.15) is 0 Å². The number of halogens is 3. The van der Waals surface area contributed by atoms with Gasteiger partial charge in [0.2, 0.25) is 0 Å². The van der Waals surface area contributed by atoms with E-state index in [4.69, 9.17) is 0 Å². The van der Waals surface area contributed by atoms with Crippen LogP contribution < -0.4 is 37.2 Å². The summed E-state index contributed by atoms with van der Waals surface area (Å²) in [5.41, 5.74) is 8.29. The van der Waals surface area contributed by atoms with Gasteiger partial charge < -0.3 is 37.2 Å². The smallest absolute Gasteiger partial charge is 1.00 e. The molecule has 1 heterocycles. The average Bonchev–Trinajstić information content (AvgIpc) is 2.61. The standard InChI is InChI=1S/C23H23N3.3ClH.V/c1-16-8-5-9-17(2)22(16)24-14-20-12-7-13-21(26-20)15-25-23-18(3)10-6-11-19(23)4;;;;/h5-15H,1-4H3;3*1H;/q;;;;+3/p-3. The Hall–Kier alpha value is -1.62. The summed E-state index contributed by atoms with van der Waals surface area (Å²) in [4.78, 5) is 13.9. The largest absolute Gasteiger partial charge is 3.00 e. The molecule has 0 bridgehead atoms. The van der Waals surface area contributed by atoms with Crippen LogP contribution in [0, 0.1) is 27.7 Å². The van der Waals surface area contributed by atoms with Crippen LogP contribution in [-0.2, 0) is 18.6 Å². The Morgan fingerprint density at radius 3 is 1.20 bits per heavy atom. The molecule has 156 valence electrons. The summed E-state index contributed by atoms with van der Waals surface area (Å²) in [6, 6.07) is 18.3. The topological polar surface area (TPSA) is 37.6 Å². The molecular formula is C23H23Cl3N3V. The van der Waals surface area contributed by atoms with Crippen molar-refractivity contribution >= 4 is 23.8 Å². The molecule has 3 rings (SSSR count). The van der Waals surface area contributed by atoms with Gasteiger partial charge in [-0.2, -0.15) is 0 Å². The van der Waals surface area contributed by atoms with Crippen molar-refractivity contribution in [1.82, 2.24) is 4.98 Å². The van der Waals surface area contributed by atoms with Gasteiger partial charge in [-0.1, -0.05) is 42.5 Å². The Bertz CT molecular complexity index is 887. The van der Waals surface area contributed by atoms with Gasteiger partial charge in [0, 0.05) is 0 Å². The normalized spacial score (nSPS) is 10.0. The molecule has 0 unspecified atom stereocenters. The number of para-hydroxylation sites is 2. The molecule has 0 aliphatic rings. The van der Waals surface area contributed by atoms with Crippen LogP contribution in [0.2, 0.25) is 0 Å². The molecule has 1 aromatic heterocycles. The molecule has 0 amide bonds. The quantitative estimate of drug-likeness (QED) is 0.350. The number of rotatable bonds is 4. The number of aryl methyl sites for hydroxylation is 4. The SMILES string of the molecule is Cc1cccc(C)c1N=Cc1cccc(C=Nc2c(C)cccc2C)n1.[Cl-].[Cl-].[Cl-].[V+3]. The predicted molar refractivity (Wildman–Crippen MR) is 111 cm³/mol. The van der Waals surface area contributed by atoms with E-state index in [1.54, 1.807) is 0 Å². The van der Waals surface area contributed by atoms with Crippen molar-refractivity contribution in [3.8, 4) is 0 Å². The molecule has 2 aromatic carbocycles. The van der Waals surface area contributed by atoms with Crippen LogP contribution in [0.5, 0.6) is 0 Å². The first-order valence-corrected chi connectivity index (χ1v) is 8.72. The number of benzene rings is 2. The van der Waals surface area contributed by atoms with Crippen LogP contribution >= 0.6 is 0 Å². The summed E-state index contributed by atoms with van der Waals surface area (Å²) in [7, 11) is 0.